The minimum atomic E-state index is 0.781. The van der Waals surface area contributed by atoms with Gasteiger partial charge in [-0.3, -0.25) is 0 Å². The molecule has 164 valence electrons. The van der Waals surface area contributed by atoms with Gasteiger partial charge in [0, 0.05) is 0 Å². The number of allylic oxidation sites excluding steroid dienone is 4. The van der Waals surface area contributed by atoms with Gasteiger partial charge in [0.1, 0.15) is 0 Å². The lowest BCUT2D eigenvalue weighted by molar-refractivity contribution is 0.288. The molecule has 2 rings (SSSR count). The molecule has 0 heterocycles. The van der Waals surface area contributed by atoms with Crippen molar-refractivity contribution in [2.24, 2.45) is 23.7 Å². The summed E-state index contributed by atoms with van der Waals surface area (Å²) in [6, 6.07) is 0. The molecule has 0 N–H and O–H groups in total. The summed E-state index contributed by atoms with van der Waals surface area (Å²) in [5.74, 6) is 10.1. The van der Waals surface area contributed by atoms with E-state index in [-0.39, 0.29) is 0 Å². The molecule has 0 aliphatic heterocycles. The standard InChI is InChI=1S/C29H48/c1-3-5-7-8-11-15-27-22-24-29(25-23-27)17-13-10-9-12-16-28-20-18-26(19-21-28)14-6-4-2/h12-13,16-17,26-29H,3-8,11,14-15,18-25H2,1-2H3/b16-12+,17-13+. The summed E-state index contributed by atoms with van der Waals surface area (Å²) in [5, 5.41) is 0. The van der Waals surface area contributed by atoms with Crippen LogP contribution in [-0.2, 0) is 0 Å². The molecular weight excluding hydrogens is 348 g/mol. The van der Waals surface area contributed by atoms with Crippen LogP contribution in [0, 0.1) is 35.5 Å². The van der Waals surface area contributed by atoms with Crippen LogP contribution >= 0.6 is 0 Å². The molecule has 0 unspecified atom stereocenters. The smallest absolute Gasteiger partial charge is 0.0153 e. The van der Waals surface area contributed by atoms with Gasteiger partial charge in [-0.05, 0) is 87.2 Å². The Balaban J connectivity index is 1.54. The lowest BCUT2D eigenvalue weighted by Gasteiger charge is -2.26. The molecule has 29 heavy (non-hydrogen) atoms. The molecule has 2 aliphatic rings. The van der Waals surface area contributed by atoms with E-state index >= 15 is 0 Å². The van der Waals surface area contributed by atoms with E-state index in [1.54, 1.807) is 0 Å². The Bertz CT molecular complexity index is 498. The van der Waals surface area contributed by atoms with Gasteiger partial charge in [-0.25, -0.2) is 0 Å². The Morgan fingerprint density at radius 2 is 1.00 bits per heavy atom. The Morgan fingerprint density at radius 1 is 0.552 bits per heavy atom. The second-order valence-corrected chi connectivity index (χ2v) is 9.91. The maximum Gasteiger partial charge on any atom is -0.0153 e. The van der Waals surface area contributed by atoms with Gasteiger partial charge in [0.2, 0.25) is 0 Å². The molecule has 0 saturated heterocycles. The predicted molar refractivity (Wildman–Crippen MR) is 130 cm³/mol. The van der Waals surface area contributed by atoms with Crippen LogP contribution < -0.4 is 0 Å². The molecule has 0 bridgehead atoms. The number of hydrogen-bond acceptors (Lipinski definition) is 0. The molecule has 0 spiro atoms. The van der Waals surface area contributed by atoms with Gasteiger partial charge in [0.05, 0.1) is 0 Å². The molecule has 2 saturated carbocycles. The molecule has 0 heteroatoms. The first-order chi connectivity index (χ1) is 14.3. The topological polar surface area (TPSA) is 0 Å². The number of unbranched alkanes of at least 4 members (excludes halogenated alkanes) is 5. The first-order valence-corrected chi connectivity index (χ1v) is 13.2. The molecular formula is C29H48. The van der Waals surface area contributed by atoms with Crippen molar-refractivity contribution < 1.29 is 0 Å². The fraction of sp³-hybridized carbons (Fsp3) is 0.793. The highest BCUT2D eigenvalue weighted by atomic mass is 14.2. The number of rotatable bonds is 11. The van der Waals surface area contributed by atoms with Crippen LogP contribution in [0.2, 0.25) is 0 Å². The third-order valence-electron chi connectivity index (χ3n) is 7.45. The van der Waals surface area contributed by atoms with E-state index < -0.39 is 0 Å². The van der Waals surface area contributed by atoms with E-state index in [0.717, 1.165) is 23.7 Å². The maximum absolute atomic E-state index is 3.26. The van der Waals surface area contributed by atoms with Crippen molar-refractivity contribution >= 4 is 0 Å². The van der Waals surface area contributed by atoms with Crippen LogP contribution in [0.1, 0.15) is 123 Å². The van der Waals surface area contributed by atoms with Crippen molar-refractivity contribution in [2.75, 3.05) is 0 Å². The van der Waals surface area contributed by atoms with Crippen molar-refractivity contribution in [3.63, 3.8) is 0 Å². The zero-order valence-electron chi connectivity index (χ0n) is 19.6. The minimum Gasteiger partial charge on any atom is -0.0730 e. The Labute approximate surface area is 183 Å². The summed E-state index contributed by atoms with van der Waals surface area (Å²) in [5.41, 5.74) is 0. The summed E-state index contributed by atoms with van der Waals surface area (Å²) in [7, 11) is 0. The van der Waals surface area contributed by atoms with Gasteiger partial charge >= 0.3 is 0 Å². The lowest BCUT2D eigenvalue weighted by atomic mass is 9.79. The van der Waals surface area contributed by atoms with Crippen molar-refractivity contribution in [1.82, 2.24) is 0 Å². The van der Waals surface area contributed by atoms with Crippen LogP contribution in [0.25, 0.3) is 0 Å². The maximum atomic E-state index is 3.26. The lowest BCUT2D eigenvalue weighted by Crippen LogP contribution is -2.13. The second kappa shape index (κ2) is 15.8. The van der Waals surface area contributed by atoms with Crippen molar-refractivity contribution in [2.45, 2.75) is 123 Å². The van der Waals surface area contributed by atoms with E-state index in [2.05, 4.69) is 50.0 Å². The first kappa shape index (κ1) is 24.3. The van der Waals surface area contributed by atoms with Gasteiger partial charge in [0.15, 0.2) is 0 Å². The Kier molecular flexibility index (Phi) is 13.3. The average molecular weight is 397 g/mol. The normalized spacial score (nSPS) is 27.9. The van der Waals surface area contributed by atoms with E-state index in [4.69, 9.17) is 0 Å². The summed E-state index contributed by atoms with van der Waals surface area (Å²) in [4.78, 5) is 0. The predicted octanol–water partition coefficient (Wildman–Crippen LogP) is 9.27. The second-order valence-electron chi connectivity index (χ2n) is 9.91. The zero-order chi connectivity index (χ0) is 20.6. The monoisotopic (exact) mass is 396 g/mol. The molecule has 0 aromatic rings. The van der Waals surface area contributed by atoms with Gasteiger partial charge in [-0.15, -0.1) is 0 Å². The highest BCUT2D eigenvalue weighted by Crippen LogP contribution is 2.33. The molecule has 0 atom stereocenters. The fourth-order valence-corrected chi connectivity index (χ4v) is 5.33. The largest absolute Gasteiger partial charge is 0.0730 e. The van der Waals surface area contributed by atoms with E-state index in [1.807, 2.05) is 0 Å². The fourth-order valence-electron chi connectivity index (χ4n) is 5.33. The summed E-state index contributed by atoms with van der Waals surface area (Å²) < 4.78 is 0. The van der Waals surface area contributed by atoms with Crippen LogP contribution in [0.4, 0.5) is 0 Å². The van der Waals surface area contributed by atoms with E-state index in [9.17, 15) is 0 Å². The SMILES string of the molecule is CCCCCCCC1CCC(/C=C/C#C/C=C/C2CCC(CCCC)CC2)CC1. The van der Waals surface area contributed by atoms with E-state index in [1.165, 1.54) is 109 Å². The molecule has 2 aliphatic carbocycles. The average Bonchev–Trinajstić information content (AvgIpc) is 2.76. The Hall–Kier alpha value is -0.960. The van der Waals surface area contributed by atoms with Crippen molar-refractivity contribution in [3.8, 4) is 11.8 Å². The van der Waals surface area contributed by atoms with Crippen molar-refractivity contribution in [1.29, 1.82) is 0 Å². The third kappa shape index (κ3) is 11.1. The van der Waals surface area contributed by atoms with Gasteiger partial charge in [-0.2, -0.15) is 0 Å². The zero-order valence-corrected chi connectivity index (χ0v) is 19.6. The van der Waals surface area contributed by atoms with Gasteiger partial charge in [-0.1, -0.05) is 95.6 Å². The highest BCUT2D eigenvalue weighted by molar-refractivity contribution is 5.24. The highest BCUT2D eigenvalue weighted by Gasteiger charge is 2.19. The summed E-state index contributed by atoms with van der Waals surface area (Å²) >= 11 is 0. The molecule has 0 nitrogen and oxygen atoms in total. The number of hydrogen-bond donors (Lipinski definition) is 0. The minimum absolute atomic E-state index is 0.781. The van der Waals surface area contributed by atoms with Crippen molar-refractivity contribution in [3.05, 3.63) is 24.3 Å². The quantitative estimate of drug-likeness (QED) is 0.241. The first-order valence-electron chi connectivity index (χ1n) is 13.2. The summed E-state index contributed by atoms with van der Waals surface area (Å²) in [6.07, 6.45) is 33.1. The third-order valence-corrected chi connectivity index (χ3v) is 7.45. The Morgan fingerprint density at radius 3 is 1.48 bits per heavy atom. The van der Waals surface area contributed by atoms with Gasteiger partial charge < -0.3 is 0 Å². The molecule has 0 aromatic carbocycles. The van der Waals surface area contributed by atoms with E-state index in [0.29, 0.717) is 0 Å². The van der Waals surface area contributed by atoms with Gasteiger partial charge in [0.25, 0.3) is 0 Å². The summed E-state index contributed by atoms with van der Waals surface area (Å²) in [6.45, 7) is 4.61. The molecule has 0 aromatic heterocycles. The molecule has 0 radical (unpaired) electrons. The van der Waals surface area contributed by atoms with Crippen LogP contribution in [-0.4, -0.2) is 0 Å². The molecule has 2 fully saturated rings. The molecule has 0 amide bonds. The van der Waals surface area contributed by atoms with Crippen LogP contribution in [0.15, 0.2) is 24.3 Å². The van der Waals surface area contributed by atoms with Crippen LogP contribution in [0.5, 0.6) is 0 Å². The van der Waals surface area contributed by atoms with Crippen LogP contribution in [0.3, 0.4) is 0 Å².